The lowest BCUT2D eigenvalue weighted by Gasteiger charge is -2.13. The molecule has 134 valence electrons. The highest BCUT2D eigenvalue weighted by molar-refractivity contribution is 7.18. The van der Waals surface area contributed by atoms with E-state index in [0.29, 0.717) is 13.0 Å². The maximum absolute atomic E-state index is 11.8. The van der Waals surface area contributed by atoms with Gasteiger partial charge in [-0.1, -0.05) is 12.1 Å². The molecular weight excluding hydrogens is 342 g/mol. The number of rotatable bonds is 8. The maximum atomic E-state index is 11.8. The third-order valence-electron chi connectivity index (χ3n) is 3.37. The lowest BCUT2D eigenvalue weighted by molar-refractivity contribution is -0.148. The molecule has 0 fully saturated rings. The fraction of sp³-hybridized carbons (Fsp3) is 0.412. The van der Waals surface area contributed by atoms with E-state index < -0.39 is 24.5 Å². The Labute approximate surface area is 149 Å². The van der Waals surface area contributed by atoms with Gasteiger partial charge in [0.2, 0.25) is 5.91 Å². The quantitative estimate of drug-likeness (QED) is 0.691. The third-order valence-corrected chi connectivity index (χ3v) is 4.46. The third kappa shape index (κ3) is 5.82. The second kappa shape index (κ2) is 9.12. The molecule has 0 saturated carbocycles. The molecule has 2 N–H and O–H groups in total. The largest absolute Gasteiger partial charge is 0.456 e. The Kier molecular flexibility index (Phi) is 6.88. The summed E-state index contributed by atoms with van der Waals surface area (Å²) in [6.07, 6.45) is 0.619. The van der Waals surface area contributed by atoms with Crippen LogP contribution in [0, 0.1) is 0 Å². The topological polar surface area (TPSA) is 97.4 Å². The van der Waals surface area contributed by atoms with E-state index in [-0.39, 0.29) is 12.3 Å². The van der Waals surface area contributed by atoms with Crippen molar-refractivity contribution in [2.24, 2.45) is 0 Å². The maximum Gasteiger partial charge on any atom is 0.306 e. The Morgan fingerprint density at radius 2 is 2.04 bits per heavy atom. The minimum atomic E-state index is -0.672. The van der Waals surface area contributed by atoms with E-state index in [4.69, 9.17) is 4.74 Å². The molecule has 7 nitrogen and oxygen atoms in total. The van der Waals surface area contributed by atoms with Crippen LogP contribution < -0.4 is 10.6 Å². The van der Waals surface area contributed by atoms with Crippen molar-refractivity contribution in [2.45, 2.75) is 32.7 Å². The molecule has 25 heavy (non-hydrogen) atoms. The Morgan fingerprint density at radius 3 is 2.76 bits per heavy atom. The number of hydrogen-bond donors (Lipinski definition) is 2. The van der Waals surface area contributed by atoms with Crippen molar-refractivity contribution in [1.82, 2.24) is 15.6 Å². The van der Waals surface area contributed by atoms with Gasteiger partial charge in [-0.3, -0.25) is 14.4 Å². The molecule has 1 atom stereocenters. The van der Waals surface area contributed by atoms with Crippen molar-refractivity contribution >= 4 is 39.3 Å². The predicted molar refractivity (Wildman–Crippen MR) is 95.2 cm³/mol. The molecule has 2 rings (SSSR count). The number of esters is 1. The smallest absolute Gasteiger partial charge is 0.306 e. The molecule has 2 amide bonds. The number of hydrogen-bond acceptors (Lipinski definition) is 6. The summed E-state index contributed by atoms with van der Waals surface area (Å²) in [6.45, 7) is 3.44. The zero-order valence-electron chi connectivity index (χ0n) is 14.2. The fourth-order valence-electron chi connectivity index (χ4n) is 2.13. The minimum absolute atomic E-state index is 0.152. The number of para-hydroxylation sites is 1. The van der Waals surface area contributed by atoms with Crippen LogP contribution in [0.25, 0.3) is 10.2 Å². The molecule has 0 aliphatic rings. The number of likely N-dealkylation sites (N-methyl/N-ethyl adjacent to an activating group) is 1. The molecule has 0 bridgehead atoms. The van der Waals surface area contributed by atoms with E-state index in [1.807, 2.05) is 24.3 Å². The molecule has 0 unspecified atom stereocenters. The molecule has 1 aromatic carbocycles. The number of nitrogens with one attached hydrogen (secondary N) is 2. The molecule has 0 aliphatic carbocycles. The Bertz CT molecular complexity index is 726. The number of thiazole rings is 1. The van der Waals surface area contributed by atoms with Gasteiger partial charge in [0.25, 0.3) is 5.91 Å². The number of carbonyl (C=O) groups is 3. The van der Waals surface area contributed by atoms with Gasteiger partial charge in [-0.05, 0) is 26.0 Å². The van der Waals surface area contributed by atoms with Gasteiger partial charge < -0.3 is 15.4 Å². The number of nitrogens with zero attached hydrogens (tertiary/aromatic N) is 1. The van der Waals surface area contributed by atoms with Crippen LogP contribution in [-0.2, 0) is 25.5 Å². The average Bonchev–Trinajstić information content (AvgIpc) is 3.01. The lowest BCUT2D eigenvalue weighted by Crippen LogP contribution is -2.46. The first-order valence-electron chi connectivity index (χ1n) is 8.06. The number of aromatic nitrogens is 1. The first-order chi connectivity index (χ1) is 12.0. The van der Waals surface area contributed by atoms with Crippen LogP contribution in [0.3, 0.4) is 0 Å². The van der Waals surface area contributed by atoms with Crippen molar-refractivity contribution in [2.75, 3.05) is 13.2 Å². The normalized spacial score (nSPS) is 11.8. The summed E-state index contributed by atoms with van der Waals surface area (Å²) >= 11 is 1.54. The van der Waals surface area contributed by atoms with Crippen LogP contribution >= 0.6 is 11.3 Å². The van der Waals surface area contributed by atoms with E-state index in [9.17, 15) is 14.4 Å². The van der Waals surface area contributed by atoms with Gasteiger partial charge in [0.1, 0.15) is 6.04 Å². The molecule has 1 aromatic heterocycles. The number of aryl methyl sites for hydroxylation is 1. The first kappa shape index (κ1) is 18.9. The van der Waals surface area contributed by atoms with Crippen molar-refractivity contribution in [3.63, 3.8) is 0 Å². The monoisotopic (exact) mass is 363 g/mol. The molecule has 0 radical (unpaired) electrons. The molecule has 0 saturated heterocycles. The van der Waals surface area contributed by atoms with Crippen LogP contribution in [0.15, 0.2) is 24.3 Å². The minimum Gasteiger partial charge on any atom is -0.456 e. The van der Waals surface area contributed by atoms with Crippen LogP contribution in [0.5, 0.6) is 0 Å². The fourth-order valence-corrected chi connectivity index (χ4v) is 3.10. The average molecular weight is 363 g/mol. The van der Waals surface area contributed by atoms with Crippen molar-refractivity contribution in [1.29, 1.82) is 0 Å². The highest BCUT2D eigenvalue weighted by atomic mass is 32.1. The summed E-state index contributed by atoms with van der Waals surface area (Å²) in [4.78, 5) is 39.4. The Hall–Kier alpha value is -2.48. The second-order valence-corrected chi connectivity index (χ2v) is 6.53. The summed E-state index contributed by atoms with van der Waals surface area (Å²) in [7, 11) is 0. The molecule has 0 spiro atoms. The van der Waals surface area contributed by atoms with Gasteiger partial charge in [-0.25, -0.2) is 4.98 Å². The van der Waals surface area contributed by atoms with E-state index in [2.05, 4.69) is 15.6 Å². The summed E-state index contributed by atoms with van der Waals surface area (Å²) in [6, 6.07) is 7.09. The number of benzene rings is 1. The summed E-state index contributed by atoms with van der Waals surface area (Å²) in [5, 5.41) is 5.92. The number of ether oxygens (including phenoxy) is 1. The Balaban J connectivity index is 1.71. The van der Waals surface area contributed by atoms with Gasteiger partial charge in [0.05, 0.1) is 21.6 Å². The van der Waals surface area contributed by atoms with Gasteiger partial charge in [-0.2, -0.15) is 0 Å². The summed E-state index contributed by atoms with van der Waals surface area (Å²) in [5.74, 6) is -1.26. The van der Waals surface area contributed by atoms with E-state index in [1.54, 1.807) is 13.8 Å². The zero-order valence-corrected chi connectivity index (χ0v) is 15.0. The molecule has 8 heteroatoms. The van der Waals surface area contributed by atoms with Gasteiger partial charge in [0, 0.05) is 13.0 Å². The highest BCUT2D eigenvalue weighted by Crippen LogP contribution is 2.22. The predicted octanol–water partition coefficient (Wildman–Crippen LogP) is 1.41. The van der Waals surface area contributed by atoms with Gasteiger partial charge in [0.15, 0.2) is 6.61 Å². The highest BCUT2D eigenvalue weighted by Gasteiger charge is 2.16. The molecule has 2 aromatic rings. The molecule has 0 aliphatic heterocycles. The number of amides is 2. The Morgan fingerprint density at radius 1 is 1.28 bits per heavy atom. The zero-order chi connectivity index (χ0) is 18.2. The molecular formula is C17H21N3O4S. The van der Waals surface area contributed by atoms with E-state index in [1.165, 1.54) is 11.3 Å². The van der Waals surface area contributed by atoms with Crippen LogP contribution in [0.4, 0.5) is 0 Å². The SMILES string of the molecule is CCNC(=O)[C@@H](C)NC(=O)COC(=O)CCc1nc2ccccc2s1. The van der Waals surface area contributed by atoms with Crippen LogP contribution in [0.2, 0.25) is 0 Å². The molecule has 1 heterocycles. The van der Waals surface area contributed by atoms with Crippen molar-refractivity contribution < 1.29 is 19.1 Å². The lowest BCUT2D eigenvalue weighted by atomic mass is 10.3. The van der Waals surface area contributed by atoms with Crippen LogP contribution in [0.1, 0.15) is 25.3 Å². The van der Waals surface area contributed by atoms with Crippen LogP contribution in [-0.4, -0.2) is 42.0 Å². The van der Waals surface area contributed by atoms with E-state index >= 15 is 0 Å². The first-order valence-corrected chi connectivity index (χ1v) is 8.88. The van der Waals surface area contributed by atoms with E-state index in [0.717, 1.165) is 15.2 Å². The van der Waals surface area contributed by atoms with Gasteiger partial charge >= 0.3 is 5.97 Å². The summed E-state index contributed by atoms with van der Waals surface area (Å²) < 4.78 is 6.01. The van der Waals surface area contributed by atoms with Crippen molar-refractivity contribution in [3.05, 3.63) is 29.3 Å². The standard InChI is InChI=1S/C17H21N3O4S/c1-3-18-17(23)11(2)19-14(21)10-24-16(22)9-8-15-20-12-6-4-5-7-13(12)25-15/h4-7,11H,3,8-10H2,1-2H3,(H,18,23)(H,19,21)/t11-/m1/s1. The van der Waals surface area contributed by atoms with Crippen molar-refractivity contribution in [3.8, 4) is 0 Å². The van der Waals surface area contributed by atoms with Gasteiger partial charge in [-0.15, -0.1) is 11.3 Å². The summed E-state index contributed by atoms with van der Waals surface area (Å²) in [5.41, 5.74) is 0.912. The second-order valence-electron chi connectivity index (χ2n) is 5.42. The number of carbonyl (C=O) groups excluding carboxylic acids is 3. The number of fused-ring (bicyclic) bond motifs is 1.